The molecule has 0 aliphatic carbocycles. The van der Waals surface area contributed by atoms with E-state index in [-0.39, 0.29) is 0 Å². The summed E-state index contributed by atoms with van der Waals surface area (Å²) in [6.45, 7) is 12.8. The van der Waals surface area contributed by atoms with Crippen LogP contribution in [-0.4, -0.2) is 24.6 Å². The highest BCUT2D eigenvalue weighted by Gasteiger charge is 2.11. The molecule has 0 unspecified atom stereocenters. The first-order chi connectivity index (χ1) is 9.08. The van der Waals surface area contributed by atoms with Gasteiger partial charge in [0.25, 0.3) is 0 Å². The molecule has 0 fully saturated rings. The van der Waals surface area contributed by atoms with E-state index in [9.17, 15) is 0 Å². The van der Waals surface area contributed by atoms with Gasteiger partial charge < -0.3 is 10.2 Å². The highest BCUT2D eigenvalue weighted by molar-refractivity contribution is 9.10. The second-order valence-corrected chi connectivity index (χ2v) is 6.16. The lowest BCUT2D eigenvalue weighted by Gasteiger charge is -2.24. The van der Waals surface area contributed by atoms with Crippen molar-refractivity contribution in [3.8, 4) is 0 Å². The quantitative estimate of drug-likeness (QED) is 0.786. The molecule has 4 heteroatoms. The van der Waals surface area contributed by atoms with Crippen LogP contribution in [0.25, 0.3) is 0 Å². The Morgan fingerprint density at radius 1 is 1.37 bits per heavy atom. The van der Waals surface area contributed by atoms with E-state index in [2.05, 4.69) is 64.9 Å². The lowest BCUT2D eigenvalue weighted by atomic mass is 10.2. The van der Waals surface area contributed by atoms with E-state index in [0.29, 0.717) is 5.92 Å². The fourth-order valence-electron chi connectivity index (χ4n) is 2.07. The molecule has 1 aromatic rings. The van der Waals surface area contributed by atoms with Crippen molar-refractivity contribution in [2.75, 3.05) is 24.5 Å². The van der Waals surface area contributed by atoms with Crippen molar-refractivity contribution in [2.45, 2.75) is 40.7 Å². The fourth-order valence-corrected chi connectivity index (χ4v) is 2.45. The maximum atomic E-state index is 4.60. The third-order valence-electron chi connectivity index (χ3n) is 2.95. The molecule has 0 aromatic carbocycles. The highest BCUT2D eigenvalue weighted by atomic mass is 79.9. The van der Waals surface area contributed by atoms with Crippen LogP contribution in [0, 0.1) is 5.92 Å². The minimum absolute atomic E-state index is 0.668. The molecule has 0 amide bonds. The molecule has 108 valence electrons. The van der Waals surface area contributed by atoms with E-state index in [1.54, 1.807) is 0 Å². The number of pyridine rings is 1. The molecule has 1 N–H and O–H groups in total. The number of nitrogens with one attached hydrogen (secondary N) is 1. The van der Waals surface area contributed by atoms with Crippen LogP contribution in [0.3, 0.4) is 0 Å². The molecule has 0 aliphatic heterocycles. The summed E-state index contributed by atoms with van der Waals surface area (Å²) in [6.07, 6.45) is 3.03. The molecule has 0 spiro atoms. The van der Waals surface area contributed by atoms with Crippen molar-refractivity contribution in [1.82, 2.24) is 10.3 Å². The van der Waals surface area contributed by atoms with E-state index in [4.69, 9.17) is 0 Å². The van der Waals surface area contributed by atoms with Crippen molar-refractivity contribution in [3.05, 3.63) is 22.3 Å². The molecule has 0 radical (unpaired) electrons. The van der Waals surface area contributed by atoms with E-state index >= 15 is 0 Å². The number of nitrogens with zero attached hydrogens (tertiary/aromatic N) is 2. The molecule has 3 nitrogen and oxygen atoms in total. The summed E-state index contributed by atoms with van der Waals surface area (Å²) in [6, 6.07) is 2.17. The van der Waals surface area contributed by atoms with Gasteiger partial charge in [0.05, 0.1) is 0 Å². The summed E-state index contributed by atoms with van der Waals surface area (Å²) < 4.78 is 1.05. The van der Waals surface area contributed by atoms with E-state index in [1.807, 2.05) is 6.20 Å². The second kappa shape index (κ2) is 8.54. The zero-order valence-electron chi connectivity index (χ0n) is 12.5. The number of aromatic nitrogens is 1. The third-order valence-corrected chi connectivity index (χ3v) is 3.39. The van der Waals surface area contributed by atoms with Crippen LogP contribution >= 0.6 is 15.9 Å². The fraction of sp³-hybridized carbons (Fsp3) is 0.667. The normalized spacial score (nSPS) is 11.1. The molecule has 1 aromatic heterocycles. The minimum atomic E-state index is 0.668. The smallest absolute Gasteiger partial charge is 0.133 e. The maximum Gasteiger partial charge on any atom is 0.133 e. The molecule has 0 atom stereocenters. The number of hydrogen-bond donors (Lipinski definition) is 1. The first-order valence-corrected chi connectivity index (χ1v) is 7.97. The van der Waals surface area contributed by atoms with Crippen LogP contribution in [0.1, 0.15) is 39.7 Å². The number of anilines is 1. The molecule has 0 aliphatic rings. The Labute approximate surface area is 125 Å². The monoisotopic (exact) mass is 327 g/mol. The van der Waals surface area contributed by atoms with Crippen molar-refractivity contribution in [1.29, 1.82) is 0 Å². The molecular formula is C15H26BrN3. The first kappa shape index (κ1) is 16.4. The molecular weight excluding hydrogens is 302 g/mol. The van der Waals surface area contributed by atoms with Crippen molar-refractivity contribution in [3.63, 3.8) is 0 Å². The Kier molecular flexibility index (Phi) is 7.39. The number of halogens is 1. The van der Waals surface area contributed by atoms with Gasteiger partial charge in [0, 0.05) is 35.9 Å². The number of hydrogen-bond acceptors (Lipinski definition) is 3. The van der Waals surface area contributed by atoms with Crippen LogP contribution in [-0.2, 0) is 6.54 Å². The largest absolute Gasteiger partial charge is 0.357 e. The third kappa shape index (κ3) is 5.49. The van der Waals surface area contributed by atoms with Crippen LogP contribution in [0.2, 0.25) is 0 Å². The highest BCUT2D eigenvalue weighted by Crippen LogP contribution is 2.21. The summed E-state index contributed by atoms with van der Waals surface area (Å²) >= 11 is 3.52. The van der Waals surface area contributed by atoms with Crippen LogP contribution in [0.4, 0.5) is 5.82 Å². The van der Waals surface area contributed by atoms with Gasteiger partial charge in [0.1, 0.15) is 5.82 Å². The van der Waals surface area contributed by atoms with Gasteiger partial charge in [-0.05, 0) is 47.8 Å². The lowest BCUT2D eigenvalue weighted by Crippen LogP contribution is -2.27. The van der Waals surface area contributed by atoms with Gasteiger partial charge in [0.2, 0.25) is 0 Å². The van der Waals surface area contributed by atoms with Gasteiger partial charge in [-0.3, -0.25) is 0 Å². The predicted molar refractivity (Wildman–Crippen MR) is 86.7 cm³/mol. The van der Waals surface area contributed by atoms with Gasteiger partial charge in [0.15, 0.2) is 0 Å². The van der Waals surface area contributed by atoms with E-state index < -0.39 is 0 Å². The molecule has 1 rings (SSSR count). The lowest BCUT2D eigenvalue weighted by molar-refractivity contribution is 0.551. The number of rotatable bonds is 8. The Balaban J connectivity index is 2.83. The molecule has 0 saturated carbocycles. The second-order valence-electron chi connectivity index (χ2n) is 5.24. The van der Waals surface area contributed by atoms with Gasteiger partial charge in [-0.25, -0.2) is 4.98 Å². The van der Waals surface area contributed by atoms with Gasteiger partial charge in [-0.1, -0.05) is 20.8 Å². The minimum Gasteiger partial charge on any atom is -0.357 e. The Morgan fingerprint density at radius 3 is 2.68 bits per heavy atom. The Hall–Kier alpha value is -0.610. The van der Waals surface area contributed by atoms with Gasteiger partial charge >= 0.3 is 0 Å². The molecule has 1 heterocycles. The van der Waals surface area contributed by atoms with Crippen LogP contribution in [0.15, 0.2) is 16.7 Å². The SMILES string of the molecule is CCCN(CC)c1ncc(Br)cc1CNCC(C)C. The molecule has 0 bridgehead atoms. The Morgan fingerprint density at radius 2 is 2.11 bits per heavy atom. The van der Waals surface area contributed by atoms with Gasteiger partial charge in [-0.15, -0.1) is 0 Å². The summed E-state index contributed by atoms with van der Waals surface area (Å²) in [4.78, 5) is 6.95. The standard InChI is InChI=1S/C15H26BrN3/c1-5-7-19(6-2)15-13(8-14(16)11-18-15)10-17-9-12(3)4/h8,11-12,17H,5-7,9-10H2,1-4H3. The van der Waals surface area contributed by atoms with Gasteiger partial charge in [-0.2, -0.15) is 0 Å². The summed E-state index contributed by atoms with van der Waals surface area (Å²) in [5.41, 5.74) is 1.27. The zero-order valence-corrected chi connectivity index (χ0v) is 14.1. The maximum absolute atomic E-state index is 4.60. The van der Waals surface area contributed by atoms with Crippen LogP contribution in [0.5, 0.6) is 0 Å². The first-order valence-electron chi connectivity index (χ1n) is 7.18. The summed E-state index contributed by atoms with van der Waals surface area (Å²) in [7, 11) is 0. The zero-order chi connectivity index (χ0) is 14.3. The molecule has 19 heavy (non-hydrogen) atoms. The summed E-state index contributed by atoms with van der Waals surface area (Å²) in [5, 5.41) is 3.50. The van der Waals surface area contributed by atoms with Crippen LogP contribution < -0.4 is 10.2 Å². The van der Waals surface area contributed by atoms with E-state index in [0.717, 1.165) is 42.9 Å². The summed E-state index contributed by atoms with van der Waals surface area (Å²) in [5.74, 6) is 1.78. The predicted octanol–water partition coefficient (Wildman–Crippen LogP) is 3.83. The average molecular weight is 328 g/mol. The molecule has 0 saturated heterocycles. The average Bonchev–Trinajstić information content (AvgIpc) is 2.36. The van der Waals surface area contributed by atoms with Crippen molar-refractivity contribution >= 4 is 21.7 Å². The van der Waals surface area contributed by atoms with Crippen molar-refractivity contribution in [2.24, 2.45) is 5.92 Å². The Bertz CT molecular complexity index is 380. The van der Waals surface area contributed by atoms with Crippen molar-refractivity contribution < 1.29 is 0 Å². The van der Waals surface area contributed by atoms with E-state index in [1.165, 1.54) is 5.56 Å². The topological polar surface area (TPSA) is 28.2 Å².